The molecule has 0 fully saturated rings. The molecule has 0 spiro atoms. The van der Waals surface area contributed by atoms with Crippen LogP contribution in [0.4, 0.5) is 0 Å². The van der Waals surface area contributed by atoms with E-state index in [4.69, 9.17) is 0 Å². The Bertz CT molecular complexity index is 528. The van der Waals surface area contributed by atoms with Crippen molar-refractivity contribution in [1.82, 2.24) is 5.32 Å². The van der Waals surface area contributed by atoms with Gasteiger partial charge in [0.05, 0.1) is 0 Å². The Labute approximate surface area is 123 Å². The molecule has 0 radical (unpaired) electrons. The summed E-state index contributed by atoms with van der Waals surface area (Å²) in [4.78, 5) is 0. The minimum Gasteiger partial charge on any atom is -0.308 e. The number of hydrogen-bond acceptors (Lipinski definition) is 1. The van der Waals surface area contributed by atoms with Crippen LogP contribution in [-0.4, -0.2) is 5.54 Å². The highest BCUT2D eigenvalue weighted by Crippen LogP contribution is 2.15. The van der Waals surface area contributed by atoms with Gasteiger partial charge in [0, 0.05) is 12.1 Å². The van der Waals surface area contributed by atoms with Gasteiger partial charge in [0.15, 0.2) is 0 Å². The fraction of sp³-hybridized carbons (Fsp3) is 0.368. The Hall–Kier alpha value is -1.60. The highest BCUT2D eigenvalue weighted by molar-refractivity contribution is 5.25. The predicted octanol–water partition coefficient (Wildman–Crippen LogP) is 4.50. The molecule has 20 heavy (non-hydrogen) atoms. The molecule has 1 N–H and O–H groups in total. The fourth-order valence-electron chi connectivity index (χ4n) is 2.33. The minimum absolute atomic E-state index is 0.151. The molecule has 0 heterocycles. The Kier molecular flexibility index (Phi) is 4.97. The average molecular weight is 267 g/mol. The number of nitrogens with one attached hydrogen (secondary N) is 1. The molecule has 106 valence electrons. The molecule has 2 aromatic rings. The van der Waals surface area contributed by atoms with Crippen LogP contribution in [0.1, 0.15) is 37.0 Å². The summed E-state index contributed by atoms with van der Waals surface area (Å²) < 4.78 is 0. The summed E-state index contributed by atoms with van der Waals surface area (Å²) in [6.45, 7) is 7.69. The Morgan fingerprint density at radius 2 is 1.55 bits per heavy atom. The van der Waals surface area contributed by atoms with Crippen LogP contribution in [0.3, 0.4) is 0 Å². The molecule has 0 amide bonds. The van der Waals surface area contributed by atoms with Crippen LogP contribution < -0.4 is 5.32 Å². The topological polar surface area (TPSA) is 12.0 Å². The number of rotatable bonds is 6. The zero-order valence-corrected chi connectivity index (χ0v) is 12.8. The molecule has 0 aliphatic carbocycles. The zero-order chi connectivity index (χ0) is 14.4. The third kappa shape index (κ3) is 4.50. The van der Waals surface area contributed by atoms with Crippen molar-refractivity contribution in [2.24, 2.45) is 0 Å². The third-order valence-electron chi connectivity index (χ3n) is 3.90. The lowest BCUT2D eigenvalue weighted by Gasteiger charge is -2.27. The highest BCUT2D eigenvalue weighted by Gasteiger charge is 2.16. The van der Waals surface area contributed by atoms with E-state index in [0.29, 0.717) is 0 Å². The summed E-state index contributed by atoms with van der Waals surface area (Å²) in [6.07, 6.45) is 2.26. The summed E-state index contributed by atoms with van der Waals surface area (Å²) in [5.74, 6) is 0. The molecule has 0 unspecified atom stereocenters. The first kappa shape index (κ1) is 14.8. The predicted molar refractivity (Wildman–Crippen MR) is 86.9 cm³/mol. The summed E-state index contributed by atoms with van der Waals surface area (Å²) >= 11 is 0. The van der Waals surface area contributed by atoms with E-state index >= 15 is 0 Å². The molecule has 1 nitrogen and oxygen atoms in total. The first-order valence-electron chi connectivity index (χ1n) is 7.40. The van der Waals surface area contributed by atoms with Crippen LogP contribution in [0.5, 0.6) is 0 Å². The normalized spacial score (nSPS) is 11.6. The fourth-order valence-corrected chi connectivity index (χ4v) is 2.33. The van der Waals surface area contributed by atoms with Crippen LogP contribution in [0.15, 0.2) is 54.6 Å². The quantitative estimate of drug-likeness (QED) is 0.812. The average Bonchev–Trinajstić information content (AvgIpc) is 2.46. The second-order valence-electron chi connectivity index (χ2n) is 6.15. The van der Waals surface area contributed by atoms with Gasteiger partial charge in [-0.3, -0.25) is 0 Å². The largest absolute Gasteiger partial charge is 0.308 e. The van der Waals surface area contributed by atoms with E-state index in [2.05, 4.69) is 80.7 Å². The van der Waals surface area contributed by atoms with Gasteiger partial charge in [-0.1, -0.05) is 54.6 Å². The summed E-state index contributed by atoms with van der Waals surface area (Å²) in [5.41, 5.74) is 4.32. The SMILES string of the molecule is Cc1ccccc1CNC(C)(C)CCc1ccccc1. The Morgan fingerprint density at radius 3 is 2.25 bits per heavy atom. The van der Waals surface area contributed by atoms with Gasteiger partial charge in [-0.25, -0.2) is 0 Å². The second kappa shape index (κ2) is 6.71. The zero-order valence-electron chi connectivity index (χ0n) is 12.8. The van der Waals surface area contributed by atoms with Crippen molar-refractivity contribution in [3.8, 4) is 0 Å². The standard InChI is InChI=1S/C19H25N/c1-16-9-7-8-12-18(16)15-20-19(2,3)14-13-17-10-5-4-6-11-17/h4-12,20H,13-15H2,1-3H3. The van der Waals surface area contributed by atoms with Crippen LogP contribution in [-0.2, 0) is 13.0 Å². The van der Waals surface area contributed by atoms with Gasteiger partial charge >= 0.3 is 0 Å². The van der Waals surface area contributed by atoms with Crippen LogP contribution in [0, 0.1) is 6.92 Å². The maximum atomic E-state index is 3.69. The molecule has 0 saturated heterocycles. The molecule has 0 bridgehead atoms. The first-order valence-corrected chi connectivity index (χ1v) is 7.40. The number of hydrogen-bond donors (Lipinski definition) is 1. The molecule has 2 rings (SSSR count). The van der Waals surface area contributed by atoms with Crippen molar-refractivity contribution < 1.29 is 0 Å². The lowest BCUT2D eigenvalue weighted by molar-refractivity contribution is 0.360. The summed E-state index contributed by atoms with van der Waals surface area (Å²) in [5, 5.41) is 3.69. The molecule has 0 aliphatic rings. The summed E-state index contributed by atoms with van der Waals surface area (Å²) in [6, 6.07) is 19.3. The van der Waals surface area contributed by atoms with E-state index in [1.165, 1.54) is 16.7 Å². The highest BCUT2D eigenvalue weighted by atomic mass is 14.9. The molecule has 0 aromatic heterocycles. The van der Waals surface area contributed by atoms with E-state index in [1.807, 2.05) is 0 Å². The molecule has 2 aromatic carbocycles. The summed E-state index contributed by atoms with van der Waals surface area (Å²) in [7, 11) is 0. The van der Waals surface area contributed by atoms with Crippen molar-refractivity contribution in [2.75, 3.05) is 0 Å². The van der Waals surface area contributed by atoms with E-state index in [1.54, 1.807) is 0 Å². The van der Waals surface area contributed by atoms with Crippen molar-refractivity contribution in [3.05, 3.63) is 71.3 Å². The van der Waals surface area contributed by atoms with Crippen molar-refractivity contribution in [2.45, 2.75) is 45.7 Å². The van der Waals surface area contributed by atoms with Gasteiger partial charge in [-0.15, -0.1) is 0 Å². The lowest BCUT2D eigenvalue weighted by atomic mass is 9.94. The molecule has 1 heteroatoms. The van der Waals surface area contributed by atoms with E-state index in [9.17, 15) is 0 Å². The Morgan fingerprint density at radius 1 is 0.900 bits per heavy atom. The van der Waals surface area contributed by atoms with Gasteiger partial charge in [-0.2, -0.15) is 0 Å². The molecular formula is C19H25N. The minimum atomic E-state index is 0.151. The second-order valence-corrected chi connectivity index (χ2v) is 6.15. The maximum absolute atomic E-state index is 3.69. The third-order valence-corrected chi connectivity index (χ3v) is 3.90. The van der Waals surface area contributed by atoms with Gasteiger partial charge in [0.25, 0.3) is 0 Å². The van der Waals surface area contributed by atoms with Crippen LogP contribution >= 0.6 is 0 Å². The van der Waals surface area contributed by atoms with Crippen LogP contribution in [0.25, 0.3) is 0 Å². The Balaban J connectivity index is 1.86. The molecule has 0 atom stereocenters. The number of aryl methyl sites for hydroxylation is 2. The van der Waals surface area contributed by atoms with Crippen molar-refractivity contribution in [1.29, 1.82) is 0 Å². The van der Waals surface area contributed by atoms with Gasteiger partial charge in [0.1, 0.15) is 0 Å². The smallest absolute Gasteiger partial charge is 0.0213 e. The van der Waals surface area contributed by atoms with Gasteiger partial charge in [0.2, 0.25) is 0 Å². The monoisotopic (exact) mass is 267 g/mol. The first-order chi connectivity index (χ1) is 9.57. The van der Waals surface area contributed by atoms with Gasteiger partial charge in [-0.05, 0) is 50.3 Å². The lowest BCUT2D eigenvalue weighted by Crippen LogP contribution is -2.39. The maximum Gasteiger partial charge on any atom is 0.0213 e. The van der Waals surface area contributed by atoms with Crippen molar-refractivity contribution >= 4 is 0 Å². The van der Waals surface area contributed by atoms with E-state index in [0.717, 1.165) is 19.4 Å². The molecule has 0 saturated carbocycles. The van der Waals surface area contributed by atoms with Crippen LogP contribution in [0.2, 0.25) is 0 Å². The van der Waals surface area contributed by atoms with Crippen molar-refractivity contribution in [3.63, 3.8) is 0 Å². The molecular weight excluding hydrogens is 242 g/mol. The number of benzene rings is 2. The van der Waals surface area contributed by atoms with Gasteiger partial charge < -0.3 is 5.32 Å². The van der Waals surface area contributed by atoms with E-state index < -0.39 is 0 Å². The molecule has 0 aliphatic heterocycles. The van der Waals surface area contributed by atoms with E-state index in [-0.39, 0.29) is 5.54 Å².